The Morgan fingerprint density at radius 2 is 2.03 bits per heavy atom. The van der Waals surface area contributed by atoms with E-state index in [0.29, 0.717) is 22.4 Å². The second-order valence-electron chi connectivity index (χ2n) is 7.76. The van der Waals surface area contributed by atoms with Crippen LogP contribution in [0, 0.1) is 5.92 Å². The van der Waals surface area contributed by atoms with Crippen molar-refractivity contribution in [1.82, 2.24) is 10.6 Å². The molecule has 160 valence electrons. The first-order valence-electron chi connectivity index (χ1n) is 10.2. The first-order valence-corrected chi connectivity index (χ1v) is 11.0. The minimum Gasteiger partial charge on any atom is -0.353 e. The van der Waals surface area contributed by atoms with E-state index in [-0.39, 0.29) is 18.3 Å². The lowest BCUT2D eigenvalue weighted by Gasteiger charge is -2.26. The zero-order chi connectivity index (χ0) is 20.8. The normalized spacial score (nSPS) is 25.4. The maximum atomic E-state index is 12.8. The summed E-state index contributed by atoms with van der Waals surface area (Å²) in [6.07, 6.45) is 6.66. The number of urea groups is 1. The van der Waals surface area contributed by atoms with Crippen LogP contribution in [0.25, 0.3) is 0 Å². The van der Waals surface area contributed by atoms with Crippen LogP contribution in [0.4, 0.5) is 4.79 Å². The van der Waals surface area contributed by atoms with Crippen molar-refractivity contribution in [3.63, 3.8) is 0 Å². The first kappa shape index (κ1) is 22.3. The number of hydrogen-bond acceptors (Lipinski definition) is 4. The molecule has 29 heavy (non-hydrogen) atoms. The summed E-state index contributed by atoms with van der Waals surface area (Å²) < 4.78 is 11.8. The van der Waals surface area contributed by atoms with Crippen molar-refractivity contribution in [2.75, 3.05) is 13.7 Å². The van der Waals surface area contributed by atoms with Crippen molar-refractivity contribution in [2.24, 2.45) is 5.92 Å². The van der Waals surface area contributed by atoms with Crippen LogP contribution in [0.1, 0.15) is 56.4 Å². The molecule has 6 nitrogen and oxygen atoms in total. The summed E-state index contributed by atoms with van der Waals surface area (Å²) in [7, 11) is 1.48. The van der Waals surface area contributed by atoms with E-state index in [2.05, 4.69) is 10.6 Å². The quantitative estimate of drug-likeness (QED) is 0.672. The fourth-order valence-corrected chi connectivity index (χ4v) is 4.42. The number of rotatable bonds is 6. The van der Waals surface area contributed by atoms with Gasteiger partial charge in [0.25, 0.3) is 0 Å². The van der Waals surface area contributed by atoms with Gasteiger partial charge in [-0.15, -0.1) is 0 Å². The summed E-state index contributed by atoms with van der Waals surface area (Å²) in [5.41, 5.74) is 0.751. The first-order chi connectivity index (χ1) is 14.0. The number of benzene rings is 1. The molecule has 2 fully saturated rings. The molecule has 1 aliphatic carbocycles. The molecular weight excluding hydrogens is 415 g/mol. The Labute approximate surface area is 181 Å². The number of amides is 3. The lowest BCUT2D eigenvalue weighted by molar-refractivity contribution is -0.186. The van der Waals surface area contributed by atoms with Crippen molar-refractivity contribution >= 4 is 35.1 Å². The summed E-state index contributed by atoms with van der Waals surface area (Å²) in [6, 6.07) is 4.65. The molecule has 3 amide bonds. The Kier molecular flexibility index (Phi) is 8.18. The minimum atomic E-state index is -0.526. The van der Waals surface area contributed by atoms with E-state index in [1.165, 1.54) is 7.05 Å². The predicted molar refractivity (Wildman–Crippen MR) is 112 cm³/mol. The monoisotopic (exact) mass is 442 g/mol. The lowest BCUT2D eigenvalue weighted by atomic mass is 9.87. The molecule has 1 heterocycles. The molecule has 4 atom stereocenters. The molecule has 8 heteroatoms. The average molecular weight is 443 g/mol. The molecule has 0 spiro atoms. The van der Waals surface area contributed by atoms with Gasteiger partial charge >= 0.3 is 6.03 Å². The highest BCUT2D eigenvalue weighted by molar-refractivity contribution is 6.42. The molecule has 0 radical (unpaired) electrons. The van der Waals surface area contributed by atoms with E-state index in [0.717, 1.165) is 50.7 Å². The van der Waals surface area contributed by atoms with E-state index >= 15 is 0 Å². The van der Waals surface area contributed by atoms with Gasteiger partial charge in [-0.1, -0.05) is 29.3 Å². The van der Waals surface area contributed by atoms with Crippen LogP contribution in [0.15, 0.2) is 18.2 Å². The van der Waals surface area contributed by atoms with Gasteiger partial charge in [-0.05, 0) is 68.6 Å². The van der Waals surface area contributed by atoms with Gasteiger partial charge in [0.2, 0.25) is 5.91 Å². The maximum Gasteiger partial charge on any atom is 0.321 e. The average Bonchev–Trinajstić information content (AvgIpc) is 3.16. The number of halogens is 2. The Balaban J connectivity index is 1.65. The van der Waals surface area contributed by atoms with Crippen LogP contribution in [-0.2, 0) is 14.3 Å². The summed E-state index contributed by atoms with van der Waals surface area (Å²) in [6.45, 7) is 0.764. The van der Waals surface area contributed by atoms with Gasteiger partial charge in [0.05, 0.1) is 22.1 Å². The second kappa shape index (κ2) is 10.6. The highest BCUT2D eigenvalue weighted by Crippen LogP contribution is 2.38. The largest absolute Gasteiger partial charge is 0.353 e. The summed E-state index contributed by atoms with van der Waals surface area (Å²) >= 11 is 12.2. The number of nitrogens with one attached hydrogen (secondary N) is 2. The van der Waals surface area contributed by atoms with Gasteiger partial charge in [0.1, 0.15) is 0 Å². The van der Waals surface area contributed by atoms with Crippen LogP contribution in [0.5, 0.6) is 0 Å². The van der Waals surface area contributed by atoms with Crippen LogP contribution in [0.3, 0.4) is 0 Å². The number of hydrogen-bond donors (Lipinski definition) is 2. The molecule has 0 aromatic heterocycles. The lowest BCUT2D eigenvalue weighted by Crippen LogP contribution is -2.40. The van der Waals surface area contributed by atoms with Crippen molar-refractivity contribution in [1.29, 1.82) is 0 Å². The van der Waals surface area contributed by atoms with Crippen LogP contribution < -0.4 is 10.6 Å². The van der Waals surface area contributed by atoms with Crippen LogP contribution >= 0.6 is 23.2 Å². The molecular formula is C21H28Cl2N2O4. The van der Waals surface area contributed by atoms with Gasteiger partial charge in [0.15, 0.2) is 6.29 Å². The number of imide groups is 1. The summed E-state index contributed by atoms with van der Waals surface area (Å²) in [5, 5.41) is 5.64. The maximum absolute atomic E-state index is 12.8. The predicted octanol–water partition coefficient (Wildman–Crippen LogP) is 4.63. The molecule has 3 rings (SSSR count). The molecule has 4 unspecified atom stereocenters. The van der Waals surface area contributed by atoms with E-state index in [9.17, 15) is 9.59 Å². The fourth-order valence-electron chi connectivity index (χ4n) is 4.12. The third-order valence-electron chi connectivity index (χ3n) is 5.67. The molecule has 2 aliphatic rings. The van der Waals surface area contributed by atoms with Gasteiger partial charge in [-0.3, -0.25) is 10.1 Å². The van der Waals surface area contributed by atoms with Crippen molar-refractivity contribution in [3.8, 4) is 0 Å². The second-order valence-corrected chi connectivity index (χ2v) is 8.58. The number of carbonyl (C=O) groups is 2. The van der Waals surface area contributed by atoms with E-state index in [1.807, 2.05) is 0 Å². The fraction of sp³-hybridized carbons (Fsp3) is 0.619. The summed E-state index contributed by atoms with van der Waals surface area (Å²) in [5.74, 6) is -0.516. The number of carbonyl (C=O) groups excluding carboxylic acids is 2. The van der Waals surface area contributed by atoms with E-state index < -0.39 is 11.9 Å². The molecule has 0 bridgehead atoms. The smallest absolute Gasteiger partial charge is 0.321 e. The molecule has 1 aromatic rings. The van der Waals surface area contributed by atoms with Crippen LogP contribution in [-0.4, -0.2) is 38.0 Å². The number of ether oxygens (including phenoxy) is 2. The van der Waals surface area contributed by atoms with E-state index in [1.54, 1.807) is 18.2 Å². The van der Waals surface area contributed by atoms with Crippen molar-refractivity contribution in [2.45, 2.75) is 63.3 Å². The Bertz CT molecular complexity index is 725. The SMILES string of the molecule is CNC(=O)NC(=O)C(CC1CCC(OC2CCCCO2)C1)c1ccc(Cl)c(Cl)c1. The third kappa shape index (κ3) is 6.32. The zero-order valence-corrected chi connectivity index (χ0v) is 18.1. The molecule has 1 aromatic carbocycles. The van der Waals surface area contributed by atoms with Gasteiger partial charge in [-0.2, -0.15) is 0 Å². The summed E-state index contributed by atoms with van der Waals surface area (Å²) in [4.78, 5) is 24.5. The van der Waals surface area contributed by atoms with Crippen molar-refractivity contribution < 1.29 is 19.1 Å². The van der Waals surface area contributed by atoms with E-state index in [4.69, 9.17) is 32.7 Å². The molecule has 1 saturated carbocycles. The van der Waals surface area contributed by atoms with Crippen molar-refractivity contribution in [3.05, 3.63) is 33.8 Å². The highest BCUT2D eigenvalue weighted by atomic mass is 35.5. The van der Waals surface area contributed by atoms with Gasteiger partial charge in [0, 0.05) is 13.7 Å². The molecule has 2 N–H and O–H groups in total. The molecule has 1 aliphatic heterocycles. The molecule has 1 saturated heterocycles. The Morgan fingerprint density at radius 1 is 1.21 bits per heavy atom. The standard InChI is InChI=1S/C21H28Cl2N2O4/c1-24-21(27)25-20(26)16(14-6-8-17(22)18(23)12-14)11-13-5-7-15(10-13)29-19-4-2-3-9-28-19/h6,8,12-13,15-16,19H,2-5,7,9-11H2,1H3,(H2,24,25,26,27). The minimum absolute atomic E-state index is 0.102. The Morgan fingerprint density at radius 3 is 2.72 bits per heavy atom. The topological polar surface area (TPSA) is 76.7 Å². The third-order valence-corrected chi connectivity index (χ3v) is 6.41. The van der Waals surface area contributed by atoms with Gasteiger partial charge in [-0.25, -0.2) is 4.79 Å². The van der Waals surface area contributed by atoms with Crippen LogP contribution in [0.2, 0.25) is 10.0 Å². The zero-order valence-electron chi connectivity index (χ0n) is 16.6. The van der Waals surface area contributed by atoms with Gasteiger partial charge < -0.3 is 14.8 Å². The Hall–Kier alpha value is -1.34. The highest BCUT2D eigenvalue weighted by Gasteiger charge is 2.33.